The van der Waals surface area contributed by atoms with Crippen LogP contribution >= 0.6 is 0 Å². The molecule has 1 unspecified atom stereocenters. The number of hydrogen-bond donors (Lipinski definition) is 1. The monoisotopic (exact) mass is 211 g/mol. The third kappa shape index (κ3) is 4.03. The molecule has 0 aliphatic heterocycles. The smallest absolute Gasteiger partial charge is 0.331 e. The fourth-order valence-electron chi connectivity index (χ4n) is 1.34. The van der Waals surface area contributed by atoms with E-state index >= 15 is 0 Å². The molecule has 0 spiro atoms. The van der Waals surface area contributed by atoms with Crippen molar-refractivity contribution >= 4 is 11.9 Å². The van der Waals surface area contributed by atoms with Crippen LogP contribution in [0.15, 0.2) is 0 Å². The Bertz CT molecular complexity index is 301. The number of nitrogens with one attached hydrogen (secondary N) is 1. The molecule has 0 bridgehead atoms. The zero-order chi connectivity index (χ0) is 11.9. The van der Waals surface area contributed by atoms with Crippen LogP contribution in [-0.4, -0.2) is 24.5 Å². The predicted octanol–water partition coefficient (Wildman–Crippen LogP) is 0.858. The van der Waals surface area contributed by atoms with Crippen LogP contribution in [0.5, 0.6) is 0 Å². The summed E-state index contributed by atoms with van der Waals surface area (Å²) in [5.74, 6) is 3.90. The van der Waals surface area contributed by atoms with Gasteiger partial charge in [-0.25, -0.2) is 4.79 Å². The number of esters is 1. The first-order valence-electron chi connectivity index (χ1n) is 4.83. The molecule has 0 radical (unpaired) electrons. The number of methoxy groups -OCH3 is 1. The van der Waals surface area contributed by atoms with Crippen LogP contribution < -0.4 is 5.32 Å². The Hall–Kier alpha value is -1.50. The van der Waals surface area contributed by atoms with Gasteiger partial charge < -0.3 is 10.1 Å². The van der Waals surface area contributed by atoms with E-state index in [4.69, 9.17) is 0 Å². The van der Waals surface area contributed by atoms with Gasteiger partial charge in [-0.05, 0) is 26.2 Å². The van der Waals surface area contributed by atoms with Crippen molar-refractivity contribution in [2.24, 2.45) is 0 Å². The molecule has 0 aromatic rings. The number of ether oxygens (including phenoxy) is 1. The highest BCUT2D eigenvalue weighted by Crippen LogP contribution is 2.13. The fourth-order valence-corrected chi connectivity index (χ4v) is 1.34. The first-order valence-corrected chi connectivity index (χ1v) is 4.83. The van der Waals surface area contributed by atoms with Crippen LogP contribution in [0, 0.1) is 11.8 Å². The standard InChI is InChI=1S/C11H17NO3/c1-5-7-9(13)12-11(3,8-6-2)10(14)15-4/h6,8H2,1-4H3,(H,12,13). The van der Waals surface area contributed by atoms with Gasteiger partial charge in [0.2, 0.25) is 0 Å². The second-order valence-corrected chi connectivity index (χ2v) is 3.40. The molecule has 0 aromatic carbocycles. The molecule has 0 saturated heterocycles. The van der Waals surface area contributed by atoms with Gasteiger partial charge in [-0.1, -0.05) is 19.3 Å². The van der Waals surface area contributed by atoms with Gasteiger partial charge in [0.15, 0.2) is 0 Å². The van der Waals surface area contributed by atoms with Crippen molar-refractivity contribution < 1.29 is 14.3 Å². The SMILES string of the molecule is CC#CC(=O)NC(C)(CCC)C(=O)OC. The minimum absolute atomic E-state index is 0.449. The summed E-state index contributed by atoms with van der Waals surface area (Å²) in [7, 11) is 1.30. The van der Waals surface area contributed by atoms with Crippen molar-refractivity contribution in [1.82, 2.24) is 5.32 Å². The number of hydrogen-bond acceptors (Lipinski definition) is 3. The normalized spacial score (nSPS) is 13.1. The minimum atomic E-state index is -0.982. The zero-order valence-corrected chi connectivity index (χ0v) is 9.64. The molecule has 1 atom stereocenters. The zero-order valence-electron chi connectivity index (χ0n) is 9.64. The van der Waals surface area contributed by atoms with E-state index in [1.165, 1.54) is 7.11 Å². The number of rotatable bonds is 4. The lowest BCUT2D eigenvalue weighted by Crippen LogP contribution is -2.52. The van der Waals surface area contributed by atoms with E-state index in [1.807, 2.05) is 6.92 Å². The first kappa shape index (κ1) is 13.5. The lowest BCUT2D eigenvalue weighted by molar-refractivity contribution is -0.149. The van der Waals surface area contributed by atoms with Crippen LogP contribution in [0.2, 0.25) is 0 Å². The topological polar surface area (TPSA) is 55.4 Å². The fraction of sp³-hybridized carbons (Fsp3) is 0.636. The van der Waals surface area contributed by atoms with E-state index in [9.17, 15) is 9.59 Å². The minimum Gasteiger partial charge on any atom is -0.467 e. The molecule has 1 N–H and O–H groups in total. The van der Waals surface area contributed by atoms with Crippen molar-refractivity contribution in [2.75, 3.05) is 7.11 Å². The Morgan fingerprint density at radius 1 is 1.47 bits per heavy atom. The molecule has 0 rings (SSSR count). The van der Waals surface area contributed by atoms with E-state index in [0.29, 0.717) is 6.42 Å². The summed E-state index contributed by atoms with van der Waals surface area (Å²) in [5, 5.41) is 2.56. The van der Waals surface area contributed by atoms with Crippen LogP contribution in [0.3, 0.4) is 0 Å². The highest BCUT2D eigenvalue weighted by Gasteiger charge is 2.34. The van der Waals surface area contributed by atoms with Gasteiger partial charge in [0, 0.05) is 0 Å². The number of amides is 1. The van der Waals surface area contributed by atoms with Gasteiger partial charge in [-0.15, -0.1) is 0 Å². The van der Waals surface area contributed by atoms with E-state index in [1.54, 1.807) is 13.8 Å². The van der Waals surface area contributed by atoms with Gasteiger partial charge >= 0.3 is 5.97 Å². The Morgan fingerprint density at radius 2 is 2.07 bits per heavy atom. The van der Waals surface area contributed by atoms with Crippen molar-refractivity contribution in [3.63, 3.8) is 0 Å². The average molecular weight is 211 g/mol. The molecular formula is C11H17NO3. The van der Waals surface area contributed by atoms with Gasteiger partial charge in [0.25, 0.3) is 5.91 Å². The highest BCUT2D eigenvalue weighted by atomic mass is 16.5. The lowest BCUT2D eigenvalue weighted by atomic mass is 9.96. The predicted molar refractivity (Wildman–Crippen MR) is 56.9 cm³/mol. The largest absolute Gasteiger partial charge is 0.467 e. The van der Waals surface area contributed by atoms with Crippen LogP contribution in [-0.2, 0) is 14.3 Å². The molecular weight excluding hydrogens is 194 g/mol. The molecule has 0 aromatic heterocycles. The second kappa shape index (κ2) is 6.07. The molecule has 0 aliphatic rings. The summed E-state index contributed by atoms with van der Waals surface area (Å²) in [6.45, 7) is 5.13. The Labute approximate surface area is 90.4 Å². The molecule has 0 aliphatic carbocycles. The third-order valence-electron chi connectivity index (χ3n) is 2.01. The summed E-state index contributed by atoms with van der Waals surface area (Å²) < 4.78 is 4.65. The Morgan fingerprint density at radius 3 is 2.47 bits per heavy atom. The van der Waals surface area contributed by atoms with Crippen LogP contribution in [0.4, 0.5) is 0 Å². The summed E-state index contributed by atoms with van der Waals surface area (Å²) >= 11 is 0. The number of carbonyl (C=O) groups is 2. The van der Waals surface area contributed by atoms with Gasteiger partial charge in [-0.2, -0.15) is 0 Å². The molecule has 4 heteroatoms. The van der Waals surface area contributed by atoms with Crippen LogP contribution in [0.1, 0.15) is 33.6 Å². The number of carbonyl (C=O) groups excluding carboxylic acids is 2. The maximum absolute atomic E-state index is 11.5. The Kier molecular flexibility index (Phi) is 5.46. The van der Waals surface area contributed by atoms with Crippen LogP contribution in [0.25, 0.3) is 0 Å². The van der Waals surface area contributed by atoms with Crippen molar-refractivity contribution in [3.8, 4) is 11.8 Å². The van der Waals surface area contributed by atoms with Gasteiger partial charge in [-0.3, -0.25) is 4.79 Å². The summed E-state index contributed by atoms with van der Waals surface area (Å²) in [4.78, 5) is 22.7. The van der Waals surface area contributed by atoms with E-state index in [2.05, 4.69) is 21.9 Å². The first-order chi connectivity index (χ1) is 7.00. The van der Waals surface area contributed by atoms with Crippen molar-refractivity contribution in [2.45, 2.75) is 39.2 Å². The van der Waals surface area contributed by atoms with Crippen molar-refractivity contribution in [3.05, 3.63) is 0 Å². The molecule has 15 heavy (non-hydrogen) atoms. The second-order valence-electron chi connectivity index (χ2n) is 3.40. The molecule has 0 fully saturated rings. The maximum Gasteiger partial charge on any atom is 0.331 e. The molecule has 0 heterocycles. The summed E-state index contributed by atoms with van der Waals surface area (Å²) in [5.41, 5.74) is -0.982. The molecule has 0 saturated carbocycles. The van der Waals surface area contributed by atoms with E-state index in [0.717, 1.165) is 6.42 Å². The average Bonchev–Trinajstić information content (AvgIpc) is 2.17. The molecule has 4 nitrogen and oxygen atoms in total. The van der Waals surface area contributed by atoms with Crippen molar-refractivity contribution in [1.29, 1.82) is 0 Å². The summed E-state index contributed by atoms with van der Waals surface area (Å²) in [6.07, 6.45) is 1.29. The maximum atomic E-state index is 11.5. The molecule has 1 amide bonds. The van der Waals surface area contributed by atoms with E-state index < -0.39 is 17.4 Å². The quantitative estimate of drug-likeness (QED) is 0.554. The highest BCUT2D eigenvalue weighted by molar-refractivity contribution is 5.97. The van der Waals surface area contributed by atoms with Gasteiger partial charge in [0.1, 0.15) is 5.54 Å². The third-order valence-corrected chi connectivity index (χ3v) is 2.01. The summed E-state index contributed by atoms with van der Waals surface area (Å²) in [6, 6.07) is 0. The Balaban J connectivity index is 4.69. The lowest BCUT2D eigenvalue weighted by Gasteiger charge is -2.26. The molecule has 84 valence electrons. The van der Waals surface area contributed by atoms with Gasteiger partial charge in [0.05, 0.1) is 7.11 Å². The van der Waals surface area contributed by atoms with E-state index in [-0.39, 0.29) is 0 Å².